The first-order valence-corrected chi connectivity index (χ1v) is 4.41. The average molecular weight is 198 g/mol. The highest BCUT2D eigenvalue weighted by atomic mass is 35.5. The second kappa shape index (κ2) is 4.82. The van der Waals surface area contributed by atoms with Gasteiger partial charge in [0.1, 0.15) is 5.17 Å². The van der Waals surface area contributed by atoms with Gasteiger partial charge < -0.3 is 0 Å². The van der Waals surface area contributed by atoms with Crippen LogP contribution in [0.15, 0.2) is 34.1 Å². The monoisotopic (exact) mass is 197 g/mol. The molecule has 1 aliphatic heterocycles. The predicted molar refractivity (Wildman–Crippen MR) is 57.1 cm³/mol. The van der Waals surface area contributed by atoms with Gasteiger partial charge in [0.25, 0.3) is 0 Å². The van der Waals surface area contributed by atoms with Gasteiger partial charge in [-0.3, -0.25) is 10.0 Å². The third-order valence-corrected chi connectivity index (χ3v) is 1.96. The van der Waals surface area contributed by atoms with E-state index in [0.29, 0.717) is 5.17 Å². The normalized spacial score (nSPS) is 18.2. The maximum Gasteiger partial charge on any atom is 0.128 e. The largest absolute Gasteiger partial charge is 0.273 e. The van der Waals surface area contributed by atoms with E-state index in [9.17, 15) is 0 Å². The van der Waals surface area contributed by atoms with Gasteiger partial charge in [0.2, 0.25) is 0 Å². The molecule has 13 heavy (non-hydrogen) atoms. The molecule has 0 aromatic carbocycles. The zero-order valence-electron chi connectivity index (χ0n) is 7.57. The van der Waals surface area contributed by atoms with E-state index in [1.807, 2.05) is 24.1 Å². The van der Waals surface area contributed by atoms with Crippen molar-refractivity contribution in [2.24, 2.45) is 10.1 Å². The summed E-state index contributed by atoms with van der Waals surface area (Å²) in [5.41, 5.74) is 1.05. The van der Waals surface area contributed by atoms with Crippen LogP contribution in [0.3, 0.4) is 0 Å². The summed E-state index contributed by atoms with van der Waals surface area (Å²) in [4.78, 5) is 3.59. The molecule has 0 radical (unpaired) electrons. The molecule has 0 fully saturated rings. The van der Waals surface area contributed by atoms with E-state index >= 15 is 0 Å². The second-order valence-corrected chi connectivity index (χ2v) is 3.12. The van der Waals surface area contributed by atoms with Crippen LogP contribution < -0.4 is 0 Å². The van der Waals surface area contributed by atoms with Crippen molar-refractivity contribution >= 4 is 23.5 Å². The van der Waals surface area contributed by atoms with Gasteiger partial charge in [-0.05, 0) is 25.8 Å². The van der Waals surface area contributed by atoms with Crippen LogP contribution in [0.5, 0.6) is 0 Å². The molecule has 0 unspecified atom stereocenters. The van der Waals surface area contributed by atoms with Crippen molar-refractivity contribution in [2.75, 3.05) is 6.54 Å². The fourth-order valence-corrected chi connectivity index (χ4v) is 1.19. The Kier molecular flexibility index (Phi) is 3.71. The molecule has 0 saturated carbocycles. The first-order chi connectivity index (χ1) is 6.24. The van der Waals surface area contributed by atoms with Gasteiger partial charge in [-0.15, -0.1) is 0 Å². The number of halogens is 1. The van der Waals surface area contributed by atoms with Crippen LogP contribution in [-0.2, 0) is 0 Å². The molecule has 1 aliphatic rings. The van der Waals surface area contributed by atoms with E-state index in [1.54, 1.807) is 6.20 Å². The van der Waals surface area contributed by atoms with Crippen molar-refractivity contribution in [3.8, 4) is 0 Å². The fraction of sp³-hybridized carbons (Fsp3) is 0.333. The SMILES string of the molecule is C=N/C=C\C=C(/C)N1CCC(Cl)=N1. The molecule has 0 amide bonds. The van der Waals surface area contributed by atoms with Crippen LogP contribution in [0.4, 0.5) is 0 Å². The highest BCUT2D eigenvalue weighted by Gasteiger charge is 2.12. The Morgan fingerprint density at radius 2 is 2.54 bits per heavy atom. The Morgan fingerprint density at radius 3 is 3.08 bits per heavy atom. The van der Waals surface area contributed by atoms with E-state index in [2.05, 4.69) is 16.8 Å². The molecule has 3 nitrogen and oxygen atoms in total. The highest BCUT2D eigenvalue weighted by molar-refractivity contribution is 6.65. The minimum Gasteiger partial charge on any atom is -0.273 e. The van der Waals surface area contributed by atoms with Gasteiger partial charge in [0.15, 0.2) is 0 Å². The molecule has 0 aromatic rings. The Labute approximate surface area is 83.1 Å². The van der Waals surface area contributed by atoms with E-state index in [-0.39, 0.29) is 0 Å². The zero-order valence-corrected chi connectivity index (χ0v) is 8.33. The summed E-state index contributed by atoms with van der Waals surface area (Å²) in [5.74, 6) is 0. The van der Waals surface area contributed by atoms with E-state index in [4.69, 9.17) is 11.6 Å². The summed E-state index contributed by atoms with van der Waals surface area (Å²) in [6, 6.07) is 0. The van der Waals surface area contributed by atoms with Crippen molar-refractivity contribution in [3.63, 3.8) is 0 Å². The lowest BCUT2D eigenvalue weighted by Gasteiger charge is -2.12. The van der Waals surface area contributed by atoms with Crippen molar-refractivity contribution in [3.05, 3.63) is 24.0 Å². The van der Waals surface area contributed by atoms with Crippen LogP contribution in [-0.4, -0.2) is 23.4 Å². The molecule has 0 aliphatic carbocycles. The lowest BCUT2D eigenvalue weighted by atomic mass is 10.4. The van der Waals surface area contributed by atoms with Gasteiger partial charge >= 0.3 is 0 Å². The number of aliphatic imine (C=N–C) groups is 1. The van der Waals surface area contributed by atoms with Crippen LogP contribution >= 0.6 is 11.6 Å². The standard InChI is InChI=1S/C9H12ClN3/c1-8(4-3-6-11-2)13-7-5-9(10)12-13/h3-4,6H,2,5,7H2,1H3/b6-3-,8-4+. The Morgan fingerprint density at radius 1 is 1.77 bits per heavy atom. The molecule has 70 valence electrons. The molecule has 0 saturated heterocycles. The van der Waals surface area contributed by atoms with Crippen LogP contribution in [0.1, 0.15) is 13.3 Å². The lowest BCUT2D eigenvalue weighted by molar-refractivity contribution is 0.403. The van der Waals surface area contributed by atoms with Gasteiger partial charge in [-0.1, -0.05) is 11.6 Å². The highest BCUT2D eigenvalue weighted by Crippen LogP contribution is 2.14. The first kappa shape index (κ1) is 9.99. The molecule has 0 bridgehead atoms. The summed E-state index contributed by atoms with van der Waals surface area (Å²) in [5, 5.41) is 6.67. The number of nitrogens with zero attached hydrogens (tertiary/aromatic N) is 3. The minimum absolute atomic E-state index is 0.665. The summed E-state index contributed by atoms with van der Waals surface area (Å²) in [6.07, 6.45) is 6.21. The van der Waals surface area contributed by atoms with Crippen LogP contribution in [0, 0.1) is 0 Å². The molecule has 1 heterocycles. The molecule has 0 aromatic heterocycles. The lowest BCUT2D eigenvalue weighted by Crippen LogP contribution is -2.10. The van der Waals surface area contributed by atoms with Crippen molar-refractivity contribution in [1.29, 1.82) is 0 Å². The number of hydrogen-bond donors (Lipinski definition) is 0. The smallest absolute Gasteiger partial charge is 0.128 e. The summed E-state index contributed by atoms with van der Waals surface area (Å²) >= 11 is 5.75. The van der Waals surface area contributed by atoms with Crippen LogP contribution in [0.25, 0.3) is 0 Å². The summed E-state index contributed by atoms with van der Waals surface area (Å²) in [6.45, 7) is 6.18. The first-order valence-electron chi connectivity index (χ1n) is 4.04. The predicted octanol–water partition coefficient (Wildman–Crippen LogP) is 2.36. The summed E-state index contributed by atoms with van der Waals surface area (Å²) in [7, 11) is 0. The third kappa shape index (κ3) is 3.03. The number of hydrogen-bond acceptors (Lipinski definition) is 3. The van der Waals surface area contributed by atoms with Gasteiger partial charge in [0.05, 0.1) is 0 Å². The van der Waals surface area contributed by atoms with Crippen molar-refractivity contribution in [2.45, 2.75) is 13.3 Å². The maximum atomic E-state index is 5.75. The minimum atomic E-state index is 0.665. The van der Waals surface area contributed by atoms with Crippen molar-refractivity contribution < 1.29 is 0 Å². The molecular formula is C9H12ClN3. The van der Waals surface area contributed by atoms with Crippen LogP contribution in [0.2, 0.25) is 0 Å². The van der Waals surface area contributed by atoms with Gasteiger partial charge in [0, 0.05) is 24.9 Å². The van der Waals surface area contributed by atoms with E-state index in [0.717, 1.165) is 18.7 Å². The molecule has 0 N–H and O–H groups in total. The second-order valence-electron chi connectivity index (χ2n) is 2.68. The van der Waals surface area contributed by atoms with E-state index in [1.165, 1.54) is 0 Å². The maximum absolute atomic E-state index is 5.75. The number of hydrazone groups is 1. The number of rotatable bonds is 3. The number of allylic oxidation sites excluding steroid dienone is 3. The molecule has 4 heteroatoms. The van der Waals surface area contributed by atoms with E-state index < -0.39 is 0 Å². The Balaban J connectivity index is 2.57. The molecular weight excluding hydrogens is 186 g/mol. The fourth-order valence-electron chi connectivity index (χ4n) is 1.01. The molecule has 0 atom stereocenters. The third-order valence-electron chi connectivity index (χ3n) is 1.70. The van der Waals surface area contributed by atoms with Gasteiger partial charge in [-0.2, -0.15) is 5.10 Å². The Hall–Kier alpha value is -1.09. The van der Waals surface area contributed by atoms with Gasteiger partial charge in [-0.25, -0.2) is 0 Å². The average Bonchev–Trinajstić information content (AvgIpc) is 2.52. The quantitative estimate of drug-likeness (QED) is 0.504. The van der Waals surface area contributed by atoms with Crippen molar-refractivity contribution in [1.82, 2.24) is 5.01 Å². The topological polar surface area (TPSA) is 28.0 Å². The molecule has 0 spiro atoms. The molecule has 1 rings (SSSR count). The Bertz CT molecular complexity index is 279. The summed E-state index contributed by atoms with van der Waals surface area (Å²) < 4.78 is 0. The zero-order chi connectivity index (χ0) is 9.68.